The molecule has 0 aliphatic rings. The van der Waals surface area contributed by atoms with Gasteiger partial charge in [0.2, 0.25) is 0 Å². The number of allylic oxidation sites excluding steroid dienone is 3. The van der Waals surface area contributed by atoms with E-state index in [0.717, 1.165) is 19.3 Å². The lowest BCUT2D eigenvalue weighted by Gasteiger charge is -1.88. The molecule has 0 rings (SSSR count). The molecule has 0 saturated heterocycles. The quantitative estimate of drug-likeness (QED) is 0.331. The molecule has 0 saturated carbocycles. The molecular weight excluding hydrogens is 152 g/mol. The third-order valence-corrected chi connectivity index (χ3v) is 1.33. The van der Waals surface area contributed by atoms with Gasteiger partial charge in [0.25, 0.3) is 6.47 Å². The molecule has 0 aromatic heterocycles. The van der Waals surface area contributed by atoms with Crippen molar-refractivity contribution in [3.8, 4) is 0 Å². The minimum Gasteiger partial charge on any atom is -0.464 e. The van der Waals surface area contributed by atoms with Gasteiger partial charge >= 0.3 is 0 Å². The maximum absolute atomic E-state index is 9.71. The van der Waals surface area contributed by atoms with Gasteiger partial charge in [-0.2, -0.15) is 0 Å². The van der Waals surface area contributed by atoms with Crippen LogP contribution in [0.25, 0.3) is 0 Å². The number of ether oxygens (including phenoxy) is 1. The predicted molar refractivity (Wildman–Crippen MR) is 49.8 cm³/mol. The number of carbonyl (C=O) groups is 1. The normalized spacial score (nSPS) is 11.1. The second kappa shape index (κ2) is 9.95. The predicted octanol–water partition coefficient (Wildman–Crippen LogP) is 2.46. The molecule has 0 amide bonds. The first kappa shape index (κ1) is 11.0. The van der Waals surface area contributed by atoms with Gasteiger partial charge in [-0.05, 0) is 19.3 Å². The fourth-order valence-electron chi connectivity index (χ4n) is 0.758. The van der Waals surface area contributed by atoms with Crippen molar-refractivity contribution in [2.45, 2.75) is 26.2 Å². The molecule has 0 heterocycles. The lowest BCUT2D eigenvalue weighted by Crippen LogP contribution is -1.84. The van der Waals surface area contributed by atoms with Gasteiger partial charge in [0.1, 0.15) is 6.61 Å². The summed E-state index contributed by atoms with van der Waals surface area (Å²) in [6, 6.07) is 0. The zero-order valence-electron chi connectivity index (χ0n) is 7.53. The Balaban J connectivity index is 3.12. The minimum atomic E-state index is 0.390. The van der Waals surface area contributed by atoms with Crippen LogP contribution < -0.4 is 0 Å². The highest BCUT2D eigenvalue weighted by Gasteiger charge is 1.77. The maximum Gasteiger partial charge on any atom is 0.293 e. The van der Waals surface area contributed by atoms with Crippen LogP contribution in [-0.2, 0) is 9.53 Å². The Morgan fingerprint density at radius 2 is 1.75 bits per heavy atom. The Morgan fingerprint density at radius 1 is 1.08 bits per heavy atom. The molecule has 2 heteroatoms. The summed E-state index contributed by atoms with van der Waals surface area (Å²) in [4.78, 5) is 9.71. The summed E-state index contributed by atoms with van der Waals surface area (Å²) in [5.41, 5.74) is 0. The minimum absolute atomic E-state index is 0.390. The van der Waals surface area contributed by atoms with Crippen LogP contribution in [0.3, 0.4) is 0 Å². The molecule has 0 spiro atoms. The van der Waals surface area contributed by atoms with Gasteiger partial charge in [-0.1, -0.05) is 31.2 Å². The molecule has 0 aromatic carbocycles. The lowest BCUT2D eigenvalue weighted by molar-refractivity contribution is -0.127. The van der Waals surface area contributed by atoms with Crippen LogP contribution in [-0.4, -0.2) is 13.1 Å². The van der Waals surface area contributed by atoms with E-state index in [0.29, 0.717) is 13.1 Å². The Kier molecular flexibility index (Phi) is 9.08. The molecule has 0 atom stereocenters. The molecule has 12 heavy (non-hydrogen) atoms. The van der Waals surface area contributed by atoms with Crippen LogP contribution in [0.5, 0.6) is 0 Å². The maximum atomic E-state index is 9.71. The summed E-state index contributed by atoms with van der Waals surface area (Å²) >= 11 is 0. The van der Waals surface area contributed by atoms with E-state index in [1.165, 1.54) is 0 Å². The van der Waals surface area contributed by atoms with Crippen LogP contribution in [0.4, 0.5) is 0 Å². The molecule has 0 aliphatic heterocycles. The summed E-state index contributed by atoms with van der Waals surface area (Å²) in [6.45, 7) is 2.96. The van der Waals surface area contributed by atoms with E-state index in [1.54, 1.807) is 0 Å². The second-order valence-electron chi connectivity index (χ2n) is 2.36. The summed E-state index contributed by atoms with van der Waals surface area (Å²) < 4.78 is 4.48. The monoisotopic (exact) mass is 168 g/mol. The van der Waals surface area contributed by atoms with E-state index < -0.39 is 0 Å². The first-order valence-corrected chi connectivity index (χ1v) is 4.27. The molecule has 68 valence electrons. The highest BCUT2D eigenvalue weighted by Crippen LogP contribution is 1.93. The van der Waals surface area contributed by atoms with Gasteiger partial charge < -0.3 is 4.74 Å². The Labute approximate surface area is 73.9 Å². The molecule has 0 aliphatic carbocycles. The third kappa shape index (κ3) is 8.95. The smallest absolute Gasteiger partial charge is 0.293 e. The van der Waals surface area contributed by atoms with Crippen LogP contribution in [0.2, 0.25) is 0 Å². The summed E-state index contributed by atoms with van der Waals surface area (Å²) in [7, 11) is 0. The van der Waals surface area contributed by atoms with Crippen molar-refractivity contribution in [3.63, 3.8) is 0 Å². The zero-order valence-corrected chi connectivity index (χ0v) is 7.53. The molecule has 0 fully saturated rings. The second-order valence-corrected chi connectivity index (χ2v) is 2.36. The topological polar surface area (TPSA) is 26.3 Å². The first-order chi connectivity index (χ1) is 5.91. The van der Waals surface area contributed by atoms with Crippen molar-refractivity contribution in [2.75, 3.05) is 6.61 Å². The van der Waals surface area contributed by atoms with E-state index in [-0.39, 0.29) is 0 Å². The molecule has 0 N–H and O–H groups in total. The van der Waals surface area contributed by atoms with Gasteiger partial charge in [0, 0.05) is 0 Å². The van der Waals surface area contributed by atoms with Crippen molar-refractivity contribution < 1.29 is 9.53 Å². The van der Waals surface area contributed by atoms with E-state index in [2.05, 4.69) is 23.8 Å². The number of carbonyl (C=O) groups excluding carboxylic acids is 1. The zero-order chi connectivity index (χ0) is 9.07. The fourth-order valence-corrected chi connectivity index (χ4v) is 0.758. The average molecular weight is 168 g/mol. The van der Waals surface area contributed by atoms with Crippen molar-refractivity contribution in [1.29, 1.82) is 0 Å². The van der Waals surface area contributed by atoms with Crippen LogP contribution in [0.1, 0.15) is 26.2 Å². The molecule has 0 radical (unpaired) electrons. The standard InChI is InChI=1S/C10H16O2/c1-2-3-4-5-6-7-8-9-12-10-11/h3-4,7-8,10H,2,5-6,9H2,1H3/b4-3-,8-7-. The number of rotatable bonds is 7. The number of unbranched alkanes of at least 4 members (excludes halogenated alkanes) is 1. The highest BCUT2D eigenvalue weighted by molar-refractivity contribution is 5.37. The fraction of sp³-hybridized carbons (Fsp3) is 0.500. The van der Waals surface area contributed by atoms with Crippen molar-refractivity contribution in [3.05, 3.63) is 24.3 Å². The van der Waals surface area contributed by atoms with E-state index in [1.807, 2.05) is 12.2 Å². The van der Waals surface area contributed by atoms with Gasteiger partial charge in [-0.3, -0.25) is 4.79 Å². The number of hydrogen-bond donors (Lipinski definition) is 0. The van der Waals surface area contributed by atoms with Gasteiger partial charge in [0.15, 0.2) is 0 Å². The van der Waals surface area contributed by atoms with Crippen LogP contribution in [0, 0.1) is 0 Å². The van der Waals surface area contributed by atoms with E-state index in [9.17, 15) is 4.79 Å². The SMILES string of the molecule is CC/C=C\CC/C=C\COC=O. The van der Waals surface area contributed by atoms with E-state index >= 15 is 0 Å². The van der Waals surface area contributed by atoms with Crippen LogP contribution >= 0.6 is 0 Å². The van der Waals surface area contributed by atoms with E-state index in [4.69, 9.17) is 0 Å². The largest absolute Gasteiger partial charge is 0.464 e. The molecule has 0 unspecified atom stereocenters. The molecule has 2 nitrogen and oxygen atoms in total. The van der Waals surface area contributed by atoms with Gasteiger partial charge in [-0.15, -0.1) is 0 Å². The van der Waals surface area contributed by atoms with Crippen molar-refractivity contribution >= 4 is 6.47 Å². The Bertz CT molecular complexity index is 148. The molecule has 0 bridgehead atoms. The highest BCUT2D eigenvalue weighted by atomic mass is 16.5. The van der Waals surface area contributed by atoms with Crippen molar-refractivity contribution in [2.24, 2.45) is 0 Å². The average Bonchev–Trinajstić information content (AvgIpc) is 2.10. The first-order valence-electron chi connectivity index (χ1n) is 4.27. The van der Waals surface area contributed by atoms with Crippen LogP contribution in [0.15, 0.2) is 24.3 Å². The Hall–Kier alpha value is -1.05. The summed E-state index contributed by atoms with van der Waals surface area (Å²) in [5.74, 6) is 0. The van der Waals surface area contributed by atoms with Gasteiger partial charge in [0.05, 0.1) is 0 Å². The summed E-state index contributed by atoms with van der Waals surface area (Å²) in [6.07, 6.45) is 11.3. The molecular formula is C10H16O2. The number of hydrogen-bond acceptors (Lipinski definition) is 2. The molecule has 0 aromatic rings. The van der Waals surface area contributed by atoms with Crippen molar-refractivity contribution in [1.82, 2.24) is 0 Å². The van der Waals surface area contributed by atoms with Gasteiger partial charge in [-0.25, -0.2) is 0 Å². The Morgan fingerprint density at radius 3 is 2.33 bits per heavy atom. The summed E-state index contributed by atoms with van der Waals surface area (Å²) in [5, 5.41) is 0. The lowest BCUT2D eigenvalue weighted by atomic mass is 10.2. The third-order valence-electron chi connectivity index (χ3n) is 1.33.